The normalized spacial score (nSPS) is 10.2. The average molecular weight is 1930 g/mol. The number of hydrogen-bond acceptors (Lipinski definition) is 9. The van der Waals surface area contributed by atoms with E-state index in [9.17, 15) is 8.78 Å². The second-order valence-electron chi connectivity index (χ2n) is 31.3. The summed E-state index contributed by atoms with van der Waals surface area (Å²) in [4.78, 5) is 18.8. The lowest BCUT2D eigenvalue weighted by molar-refractivity contribution is 0.0716. The smallest absolute Gasteiger partial charge is 0.123 e. The third-order valence-corrected chi connectivity index (χ3v) is 23.4. The first-order valence-electron chi connectivity index (χ1n) is 48.8. The summed E-state index contributed by atoms with van der Waals surface area (Å²) in [6.45, 7) is 49.6. The van der Waals surface area contributed by atoms with Crippen LogP contribution in [0.15, 0.2) is 358 Å². The Hall–Kier alpha value is -11.3. The summed E-state index contributed by atoms with van der Waals surface area (Å²) in [7, 11) is 1.68. The van der Waals surface area contributed by atoms with Gasteiger partial charge in [0.2, 0.25) is 0 Å². The van der Waals surface area contributed by atoms with Crippen LogP contribution >= 0.6 is 45.9 Å². The number of thiazole rings is 1. The van der Waals surface area contributed by atoms with E-state index in [1.54, 1.807) is 42.7 Å². The third-order valence-electron chi connectivity index (χ3n) is 20.8. The fraction of sp³-hybridized carbons (Fsp3) is 0.331. The molecule has 0 spiro atoms. The van der Waals surface area contributed by atoms with Crippen LogP contribution in [0.3, 0.4) is 0 Å². The third kappa shape index (κ3) is 67.5. The maximum absolute atomic E-state index is 12.5. The highest BCUT2D eigenvalue weighted by Crippen LogP contribution is 2.19. The van der Waals surface area contributed by atoms with Gasteiger partial charge in [-0.3, -0.25) is 19.9 Å². The second-order valence-corrected chi connectivity index (χ2v) is 34.1. The van der Waals surface area contributed by atoms with Crippen LogP contribution in [-0.2, 0) is 94.6 Å². The van der Waals surface area contributed by atoms with Crippen molar-refractivity contribution in [1.29, 1.82) is 5.26 Å². The minimum absolute atomic E-state index is 0.144. The summed E-state index contributed by atoms with van der Waals surface area (Å²) in [5.41, 5.74) is 23.0. The molecule has 0 N–H and O–H groups in total. The van der Waals surface area contributed by atoms with Gasteiger partial charge in [-0.2, -0.15) is 5.26 Å². The monoisotopic (exact) mass is 1920 g/mol. The first-order valence-corrected chi connectivity index (χ1v) is 51.3. The van der Waals surface area contributed by atoms with Crippen molar-refractivity contribution < 1.29 is 18.3 Å². The van der Waals surface area contributed by atoms with Crippen LogP contribution < -0.4 is 4.74 Å². The quantitative estimate of drug-likeness (QED) is 0.0745. The summed E-state index contributed by atoms with van der Waals surface area (Å²) in [6, 6.07) is 93.2. The highest BCUT2D eigenvalue weighted by molar-refractivity contribution is 7.10. The van der Waals surface area contributed by atoms with Gasteiger partial charge < -0.3 is 9.47 Å². The first-order chi connectivity index (χ1) is 66.4. The first kappa shape index (κ1) is 126. The highest BCUT2D eigenvalue weighted by atomic mass is 35.5. The lowest BCUT2D eigenvalue weighted by Gasteiger charge is -2.16. The molecule has 7 nitrogen and oxygen atoms in total. The molecule has 734 valence electrons. The number of allylic oxidation sites excluding steroid dienone is 4. The molecule has 0 unspecified atom stereocenters. The van der Waals surface area contributed by atoms with Crippen LogP contribution in [0, 0.1) is 49.7 Å². The fourth-order valence-electron chi connectivity index (χ4n) is 11.7. The molecule has 1 fully saturated rings. The molecule has 0 aliphatic carbocycles. The molecule has 15 rings (SSSR count). The summed E-state index contributed by atoms with van der Waals surface area (Å²) >= 11 is 15.0. The number of aromatic nitrogens is 4. The molecule has 0 bridgehead atoms. The Kier molecular flexibility index (Phi) is 79.1. The molecule has 0 saturated carbocycles. The van der Waals surface area contributed by atoms with Crippen molar-refractivity contribution in [1.82, 2.24) is 19.9 Å². The van der Waals surface area contributed by atoms with E-state index in [2.05, 4.69) is 271 Å². The van der Waals surface area contributed by atoms with Crippen molar-refractivity contribution in [2.45, 2.75) is 247 Å². The summed E-state index contributed by atoms with van der Waals surface area (Å²) < 4.78 is 34.9. The number of nitriles is 1. The topological polar surface area (TPSA) is 93.8 Å². The number of halogens is 4. The Morgan fingerprint density at radius 2 is 0.891 bits per heavy atom. The fourth-order valence-corrected chi connectivity index (χ4v) is 13.1. The number of hydrogen-bond donors (Lipinski definition) is 0. The van der Waals surface area contributed by atoms with E-state index in [1.807, 2.05) is 208 Å². The van der Waals surface area contributed by atoms with E-state index < -0.39 is 0 Å². The zero-order valence-electron chi connectivity index (χ0n) is 86.3. The zero-order valence-corrected chi connectivity index (χ0v) is 89.5. The van der Waals surface area contributed by atoms with Crippen molar-refractivity contribution >= 4 is 45.9 Å². The molecule has 0 amide bonds. The average Bonchev–Trinajstić information content (AvgIpc) is 1.80. The minimum atomic E-state index is -0.160. The van der Waals surface area contributed by atoms with Gasteiger partial charge in [-0.15, -0.1) is 22.7 Å². The number of benzene rings is 9. The van der Waals surface area contributed by atoms with E-state index in [4.69, 9.17) is 37.9 Å². The van der Waals surface area contributed by atoms with Crippen molar-refractivity contribution in [2.75, 3.05) is 20.3 Å². The predicted molar refractivity (Wildman–Crippen MR) is 596 cm³/mol. The van der Waals surface area contributed by atoms with Gasteiger partial charge in [0.15, 0.2) is 0 Å². The Bertz CT molecular complexity index is 4930. The van der Waals surface area contributed by atoms with Crippen molar-refractivity contribution in [2.24, 2.45) is 5.92 Å². The molecule has 137 heavy (non-hydrogen) atoms. The predicted octanol–water partition coefficient (Wildman–Crippen LogP) is 36.1. The molecule has 9 aromatic carbocycles. The van der Waals surface area contributed by atoms with E-state index in [0.717, 1.165) is 146 Å². The molecule has 13 heteroatoms. The number of pyridine rings is 3. The van der Waals surface area contributed by atoms with Crippen LogP contribution in [-0.4, -0.2) is 40.3 Å². The van der Waals surface area contributed by atoms with Crippen LogP contribution in [0.5, 0.6) is 5.75 Å². The lowest BCUT2D eigenvalue weighted by atomic mass is 10.0. The number of nitrogens with zero attached hydrogens (tertiary/aromatic N) is 5. The Balaban J connectivity index is 0.00000144. The van der Waals surface area contributed by atoms with Gasteiger partial charge in [0.1, 0.15) is 17.4 Å². The number of rotatable bonds is 19. The number of ether oxygens (including phenoxy) is 2. The SMILES string of the molecule is C=C/C=C\C(=C)CC.CC1CCOCC1.CCCc1ccccc1.CCc1ccc(C#N)cc1.CCc1ccc(Cl)c(C)c1.CCc1ccc(Cl)cc1.CCc1ccc(F)cc1.CCc1ccc(F)cc1C.CCc1ccc(OC)cc1.CCc1ccccc1.CCc1ccccc1C.CCc1ccccn1.CCc1ccccn1.CCc1cccs1.CCc1ccncc1.CCc1cncs1. The largest absolute Gasteiger partial charge is 0.497 e. The molecule has 1 aliphatic rings. The molecule has 6 heterocycles. The minimum Gasteiger partial charge on any atom is -0.497 e. The highest BCUT2D eigenvalue weighted by Gasteiger charge is 2.07. The van der Waals surface area contributed by atoms with Gasteiger partial charge in [-0.1, -0.05) is 347 Å². The molecule has 1 saturated heterocycles. The van der Waals surface area contributed by atoms with Gasteiger partial charge >= 0.3 is 0 Å². The molecular weight excluding hydrogens is 1760 g/mol. The van der Waals surface area contributed by atoms with E-state index in [1.165, 1.54) is 127 Å². The van der Waals surface area contributed by atoms with Crippen LogP contribution in [0.2, 0.25) is 10.0 Å². The van der Waals surface area contributed by atoms with Gasteiger partial charge in [0.25, 0.3) is 0 Å². The standard InChI is InChI=1S/C9H11Cl.C9H11F.C9H9N.C9H12O.2C9H12.C8H9Cl.C8H9F.C8H10.C8H12.3C7H9N.C6H12O.C6H8S.C5H7NS/c1-3-8-4-5-9(10)7(2)6-8;1-3-8-4-5-9(10)6-7(8)2;1-2-8-3-5-9(7-10)6-4-8;1-3-8-4-6-9(10-2)7-5-8;1-3-9-7-5-4-6-8(9)2;1-2-6-9-7-4-3-5-8-9;2*1-2-7-3-5-8(9)6-4-7;1-2-8-6-4-3-5-7-8;1-4-6-7-8(3)5-2;1-2-7-3-5-8-6-4-7;2*1-2-7-5-3-4-6-8-7;1-6-2-4-7-5-3-6;1-2-6-4-3-5-7-6;1-2-5-3-6-4-7-5/h2*4-6H,3H2,1-2H3;3-6H,2H2,1H3;4-7H,3H2,1-2H3;4-7H,3H2,1-2H3;3-5,7-8H,2,6H2,1H3;2*3-6H,2H2,1H3;3-7H,2H2,1H3;4,6-7H,1,3,5H2,2H3;3*3-6H,2H2,1H3;6H,2-5H2,1H3;3-5H,2H2,1H3;3-4H,2H2,1H3/b;;;;;;;;;7-6-;;;;;;. The summed E-state index contributed by atoms with van der Waals surface area (Å²) in [5.74, 6) is 1.54. The van der Waals surface area contributed by atoms with Gasteiger partial charge in [-0.25, -0.2) is 8.78 Å². The van der Waals surface area contributed by atoms with E-state index in [-0.39, 0.29) is 11.6 Å². The summed E-state index contributed by atoms with van der Waals surface area (Å²) in [5, 5.41) is 12.2. The number of methoxy groups -OCH3 is 1. The molecule has 1 aliphatic heterocycles. The molecule has 14 aromatic rings. The van der Waals surface area contributed by atoms with Gasteiger partial charge in [0.05, 0.1) is 24.3 Å². The lowest BCUT2D eigenvalue weighted by Crippen LogP contribution is -2.12. The van der Waals surface area contributed by atoms with Crippen LogP contribution in [0.4, 0.5) is 8.78 Å². The second kappa shape index (κ2) is 86.3. The van der Waals surface area contributed by atoms with Crippen molar-refractivity contribution in [3.05, 3.63) is 479 Å². The Labute approximate surface area is 846 Å². The van der Waals surface area contributed by atoms with Crippen molar-refractivity contribution in [3.63, 3.8) is 0 Å². The Morgan fingerprint density at radius 3 is 1.24 bits per heavy atom. The number of thiophene rings is 1. The van der Waals surface area contributed by atoms with E-state index in [0.29, 0.717) is 0 Å². The molecular formula is C124H161Cl2F2N5O2S2. The maximum Gasteiger partial charge on any atom is 0.123 e. The zero-order chi connectivity index (χ0) is 102. The Morgan fingerprint density at radius 1 is 0.438 bits per heavy atom. The number of aryl methyl sites for hydroxylation is 17. The molecule has 0 radical (unpaired) electrons. The van der Waals surface area contributed by atoms with Gasteiger partial charge in [-0.05, 0) is 323 Å². The van der Waals surface area contributed by atoms with Crippen LogP contribution in [0.1, 0.15) is 235 Å². The van der Waals surface area contributed by atoms with Crippen LogP contribution in [0.25, 0.3) is 0 Å². The maximum atomic E-state index is 12.5. The summed E-state index contributed by atoms with van der Waals surface area (Å²) in [6.07, 6.45) is 34.8. The molecule has 5 aromatic heterocycles. The van der Waals surface area contributed by atoms with Gasteiger partial charge in [0, 0.05) is 75.4 Å². The van der Waals surface area contributed by atoms with E-state index >= 15 is 0 Å². The van der Waals surface area contributed by atoms with Crippen molar-refractivity contribution in [3.8, 4) is 11.8 Å². The molecule has 0 atom stereocenters.